The lowest BCUT2D eigenvalue weighted by molar-refractivity contribution is -0.121. The van der Waals surface area contributed by atoms with Gasteiger partial charge >= 0.3 is 0 Å². The lowest BCUT2D eigenvalue weighted by Crippen LogP contribution is -2.47. The third-order valence-corrected chi connectivity index (χ3v) is 5.78. The summed E-state index contributed by atoms with van der Waals surface area (Å²) in [5.74, 6) is 2.15. The van der Waals surface area contributed by atoms with Crippen molar-refractivity contribution in [3.63, 3.8) is 0 Å². The van der Waals surface area contributed by atoms with E-state index in [1.54, 1.807) is 7.05 Å². The molecule has 2 atom stereocenters. The molecule has 0 spiro atoms. The van der Waals surface area contributed by atoms with Crippen LogP contribution in [0.25, 0.3) is 0 Å². The average Bonchev–Trinajstić information content (AvgIpc) is 2.65. The number of guanidine groups is 1. The van der Waals surface area contributed by atoms with Crippen molar-refractivity contribution >= 4 is 35.8 Å². The van der Waals surface area contributed by atoms with Gasteiger partial charge < -0.3 is 20.3 Å². The molecule has 0 aromatic carbocycles. The highest BCUT2D eigenvalue weighted by molar-refractivity contribution is 14.0. The van der Waals surface area contributed by atoms with Crippen LogP contribution in [0.15, 0.2) is 4.99 Å². The van der Waals surface area contributed by atoms with Gasteiger partial charge in [-0.3, -0.25) is 9.79 Å². The molecule has 2 unspecified atom stereocenters. The Kier molecular flexibility index (Phi) is 11.1. The Morgan fingerprint density at radius 1 is 1.21 bits per heavy atom. The Balaban J connectivity index is 0.00000392. The van der Waals surface area contributed by atoms with Crippen LogP contribution in [0, 0.1) is 17.3 Å². The van der Waals surface area contributed by atoms with Gasteiger partial charge in [-0.25, -0.2) is 0 Å². The normalized spacial score (nSPS) is 24.5. The van der Waals surface area contributed by atoms with Gasteiger partial charge in [0.2, 0.25) is 5.91 Å². The third kappa shape index (κ3) is 7.69. The number of aliphatic imine (C=N–C) groups is 1. The molecule has 0 aliphatic carbocycles. The first-order chi connectivity index (χ1) is 12.8. The van der Waals surface area contributed by atoms with Gasteiger partial charge in [-0.05, 0) is 43.9 Å². The van der Waals surface area contributed by atoms with Crippen molar-refractivity contribution in [2.24, 2.45) is 22.2 Å². The maximum Gasteiger partial charge on any atom is 0.220 e. The smallest absolute Gasteiger partial charge is 0.220 e. The van der Waals surface area contributed by atoms with Crippen LogP contribution in [0.2, 0.25) is 0 Å². The highest BCUT2D eigenvalue weighted by Gasteiger charge is 2.35. The second kappa shape index (κ2) is 12.2. The van der Waals surface area contributed by atoms with E-state index >= 15 is 0 Å². The highest BCUT2D eigenvalue weighted by atomic mass is 127. The molecule has 2 aliphatic heterocycles. The summed E-state index contributed by atoms with van der Waals surface area (Å²) in [6, 6.07) is 0. The number of carbonyl (C=O) groups excluding carboxylic acids is 1. The first-order valence-electron chi connectivity index (χ1n) is 10.7. The van der Waals surface area contributed by atoms with Gasteiger partial charge in [-0.2, -0.15) is 0 Å². The number of hydrogen-bond acceptors (Lipinski definition) is 3. The fraction of sp³-hybridized carbons (Fsp3) is 0.905. The molecule has 164 valence electrons. The minimum absolute atomic E-state index is 0. The topological polar surface area (TPSA) is 66.0 Å². The molecule has 0 bridgehead atoms. The van der Waals surface area contributed by atoms with Crippen molar-refractivity contribution < 1.29 is 9.53 Å². The standard InChI is InChI=1S/C21H40N4O2.HI/c1-6-23-20(25-11-9-16(10-12-25)14-18(26)22-5)24-15-17-8-7-13-27-19(17)21(2,3)4;/h16-17,19H,6-15H2,1-5H3,(H,22,26)(H,23,24);1H. The number of ether oxygens (including phenoxy) is 1. The van der Waals surface area contributed by atoms with Crippen LogP contribution in [-0.4, -0.2) is 62.7 Å². The Morgan fingerprint density at radius 3 is 2.46 bits per heavy atom. The molecular weight excluding hydrogens is 467 g/mol. The molecule has 2 aliphatic rings. The fourth-order valence-corrected chi connectivity index (χ4v) is 4.33. The summed E-state index contributed by atoms with van der Waals surface area (Å²) in [5, 5.41) is 6.21. The van der Waals surface area contributed by atoms with E-state index in [2.05, 4.69) is 43.2 Å². The third-order valence-electron chi connectivity index (χ3n) is 5.78. The van der Waals surface area contributed by atoms with Crippen LogP contribution in [0.5, 0.6) is 0 Å². The molecule has 2 rings (SSSR count). The zero-order chi connectivity index (χ0) is 19.9. The quantitative estimate of drug-likeness (QED) is 0.340. The van der Waals surface area contributed by atoms with Crippen molar-refractivity contribution in [1.29, 1.82) is 0 Å². The predicted molar refractivity (Wildman–Crippen MR) is 126 cm³/mol. The SMILES string of the molecule is CCNC(=NCC1CCCOC1C(C)(C)C)N1CCC(CC(=O)NC)CC1.I. The minimum atomic E-state index is 0. The van der Waals surface area contributed by atoms with Crippen molar-refractivity contribution in [3.05, 3.63) is 0 Å². The summed E-state index contributed by atoms with van der Waals surface area (Å²) >= 11 is 0. The number of nitrogens with one attached hydrogen (secondary N) is 2. The number of hydrogen-bond donors (Lipinski definition) is 2. The van der Waals surface area contributed by atoms with E-state index in [0.29, 0.717) is 18.3 Å². The number of halogens is 1. The van der Waals surface area contributed by atoms with Crippen LogP contribution in [0.4, 0.5) is 0 Å². The molecule has 0 aromatic rings. The molecule has 28 heavy (non-hydrogen) atoms. The zero-order valence-corrected chi connectivity index (χ0v) is 20.8. The Bertz CT molecular complexity index is 499. The summed E-state index contributed by atoms with van der Waals surface area (Å²) in [4.78, 5) is 19.0. The van der Waals surface area contributed by atoms with Crippen LogP contribution >= 0.6 is 24.0 Å². The second-order valence-electron chi connectivity index (χ2n) is 9.06. The molecule has 2 heterocycles. The molecule has 2 fully saturated rings. The first-order valence-corrected chi connectivity index (χ1v) is 10.7. The summed E-state index contributed by atoms with van der Waals surface area (Å²) in [7, 11) is 1.72. The number of amides is 1. The van der Waals surface area contributed by atoms with Gasteiger partial charge in [0, 0.05) is 52.2 Å². The summed E-state index contributed by atoms with van der Waals surface area (Å²) in [6.45, 7) is 13.4. The lowest BCUT2D eigenvalue weighted by atomic mass is 9.78. The van der Waals surface area contributed by atoms with Gasteiger partial charge in [0.1, 0.15) is 0 Å². The molecule has 2 saturated heterocycles. The van der Waals surface area contributed by atoms with Crippen LogP contribution in [-0.2, 0) is 9.53 Å². The fourth-order valence-electron chi connectivity index (χ4n) is 4.33. The van der Waals surface area contributed by atoms with Gasteiger partial charge in [0.05, 0.1) is 6.10 Å². The number of carbonyl (C=O) groups is 1. The number of nitrogens with zero attached hydrogens (tertiary/aromatic N) is 2. The van der Waals surface area contributed by atoms with Crippen molar-refractivity contribution in [1.82, 2.24) is 15.5 Å². The van der Waals surface area contributed by atoms with Crippen molar-refractivity contribution in [3.8, 4) is 0 Å². The van der Waals surface area contributed by atoms with Crippen molar-refractivity contribution in [2.45, 2.75) is 65.9 Å². The number of likely N-dealkylation sites (tertiary alicyclic amines) is 1. The first kappa shape index (κ1) is 25.5. The molecule has 6 nitrogen and oxygen atoms in total. The van der Waals surface area contributed by atoms with Gasteiger partial charge in [0.25, 0.3) is 0 Å². The number of rotatable bonds is 5. The molecule has 0 saturated carbocycles. The van der Waals surface area contributed by atoms with E-state index in [9.17, 15) is 4.79 Å². The lowest BCUT2D eigenvalue weighted by Gasteiger charge is -2.40. The molecule has 0 aromatic heterocycles. The Labute approximate surface area is 188 Å². The van der Waals surface area contributed by atoms with E-state index in [1.807, 2.05) is 0 Å². The maximum atomic E-state index is 11.6. The van der Waals surface area contributed by atoms with Crippen LogP contribution in [0.3, 0.4) is 0 Å². The summed E-state index contributed by atoms with van der Waals surface area (Å²) < 4.78 is 6.11. The Hall–Kier alpha value is -0.570. The van der Waals surface area contributed by atoms with Crippen LogP contribution < -0.4 is 10.6 Å². The summed E-state index contributed by atoms with van der Waals surface area (Å²) in [5.41, 5.74) is 0.150. The van der Waals surface area contributed by atoms with Gasteiger partial charge in [-0.15, -0.1) is 24.0 Å². The van der Waals surface area contributed by atoms with E-state index in [1.165, 1.54) is 6.42 Å². The highest BCUT2D eigenvalue weighted by Crippen LogP contribution is 2.34. The van der Waals surface area contributed by atoms with Crippen LogP contribution in [0.1, 0.15) is 59.8 Å². The Morgan fingerprint density at radius 2 is 1.89 bits per heavy atom. The molecule has 1 amide bonds. The average molecular weight is 508 g/mol. The molecule has 7 heteroatoms. The van der Waals surface area contributed by atoms with E-state index in [4.69, 9.17) is 9.73 Å². The second-order valence-corrected chi connectivity index (χ2v) is 9.06. The molecule has 0 radical (unpaired) electrons. The minimum Gasteiger partial charge on any atom is -0.377 e. The zero-order valence-electron chi connectivity index (χ0n) is 18.4. The predicted octanol–water partition coefficient (Wildman–Crippen LogP) is 3.26. The van der Waals surface area contributed by atoms with Gasteiger partial charge in [-0.1, -0.05) is 20.8 Å². The van der Waals surface area contributed by atoms with Crippen molar-refractivity contribution in [2.75, 3.05) is 39.8 Å². The van der Waals surface area contributed by atoms with E-state index in [0.717, 1.165) is 58.0 Å². The van der Waals surface area contributed by atoms with Gasteiger partial charge in [0.15, 0.2) is 5.96 Å². The van der Waals surface area contributed by atoms with E-state index in [-0.39, 0.29) is 41.4 Å². The monoisotopic (exact) mass is 508 g/mol. The molecular formula is C21H41IN4O2. The molecule has 2 N–H and O–H groups in total. The number of piperidine rings is 1. The maximum absolute atomic E-state index is 11.6. The largest absolute Gasteiger partial charge is 0.377 e. The summed E-state index contributed by atoms with van der Waals surface area (Å²) in [6.07, 6.45) is 5.35. The van der Waals surface area contributed by atoms with E-state index < -0.39 is 0 Å².